The fraction of sp³-hybridized carbons (Fsp3) is 0.350. The predicted molar refractivity (Wildman–Crippen MR) is 99.2 cm³/mol. The minimum absolute atomic E-state index is 0.0462. The summed E-state index contributed by atoms with van der Waals surface area (Å²) >= 11 is 0. The summed E-state index contributed by atoms with van der Waals surface area (Å²) in [6.45, 7) is 0.341. The Morgan fingerprint density at radius 2 is 2.04 bits per heavy atom. The van der Waals surface area contributed by atoms with Crippen molar-refractivity contribution in [1.29, 1.82) is 0 Å². The van der Waals surface area contributed by atoms with Gasteiger partial charge in [0, 0.05) is 32.4 Å². The third-order valence-electron chi connectivity index (χ3n) is 4.86. The van der Waals surface area contributed by atoms with E-state index in [-0.39, 0.29) is 24.3 Å². The van der Waals surface area contributed by atoms with Gasteiger partial charge in [-0.2, -0.15) is 0 Å². The second kappa shape index (κ2) is 8.07. The molecule has 2 amide bonds. The van der Waals surface area contributed by atoms with E-state index in [4.69, 9.17) is 9.47 Å². The Labute approximate surface area is 158 Å². The van der Waals surface area contributed by atoms with Gasteiger partial charge in [-0.1, -0.05) is 12.1 Å². The van der Waals surface area contributed by atoms with Crippen LogP contribution in [-0.4, -0.2) is 43.0 Å². The number of nitrogens with zero attached hydrogens (tertiary/aromatic N) is 2. The summed E-state index contributed by atoms with van der Waals surface area (Å²) in [4.78, 5) is 30.7. The largest absolute Gasteiger partial charge is 0.493 e. The summed E-state index contributed by atoms with van der Waals surface area (Å²) in [7, 11) is 4.87. The molecule has 1 aliphatic rings. The van der Waals surface area contributed by atoms with E-state index in [1.807, 2.05) is 24.3 Å². The quantitative estimate of drug-likeness (QED) is 0.842. The van der Waals surface area contributed by atoms with E-state index in [1.165, 1.54) is 0 Å². The normalized spacial score (nSPS) is 19.1. The number of carbonyl (C=O) groups excluding carboxylic acids is 2. The smallest absolute Gasteiger partial charge is 0.226 e. The van der Waals surface area contributed by atoms with Gasteiger partial charge < -0.3 is 19.7 Å². The number of nitrogens with one attached hydrogen (secondary N) is 1. The van der Waals surface area contributed by atoms with Crippen LogP contribution in [0.3, 0.4) is 0 Å². The Bertz CT molecular complexity index is 825. The number of methoxy groups -OCH3 is 2. The molecule has 1 N–H and O–H groups in total. The highest BCUT2D eigenvalue weighted by Crippen LogP contribution is 2.36. The van der Waals surface area contributed by atoms with Gasteiger partial charge in [0.1, 0.15) is 0 Å². The molecule has 2 atom stereocenters. The lowest BCUT2D eigenvalue weighted by molar-refractivity contribution is -0.128. The molecule has 1 fully saturated rings. The number of carbonyl (C=O) groups is 2. The molecular weight excluding hydrogens is 346 g/mol. The Hall–Kier alpha value is -3.09. The third kappa shape index (κ3) is 3.86. The molecule has 0 saturated carbocycles. The van der Waals surface area contributed by atoms with E-state index in [0.717, 1.165) is 11.1 Å². The van der Waals surface area contributed by atoms with Gasteiger partial charge in [0.05, 0.1) is 26.2 Å². The van der Waals surface area contributed by atoms with Crippen LogP contribution in [0.5, 0.6) is 11.5 Å². The number of ether oxygens (including phenoxy) is 2. The Morgan fingerprint density at radius 1 is 1.26 bits per heavy atom. The van der Waals surface area contributed by atoms with Crippen molar-refractivity contribution >= 4 is 11.8 Å². The highest BCUT2D eigenvalue weighted by atomic mass is 16.5. The van der Waals surface area contributed by atoms with E-state index in [2.05, 4.69) is 10.3 Å². The van der Waals surface area contributed by atoms with E-state index in [1.54, 1.807) is 44.6 Å². The summed E-state index contributed by atoms with van der Waals surface area (Å²) in [5.41, 5.74) is 1.74. The van der Waals surface area contributed by atoms with Crippen molar-refractivity contribution in [1.82, 2.24) is 15.2 Å². The van der Waals surface area contributed by atoms with Crippen molar-refractivity contribution in [3.8, 4) is 11.5 Å². The summed E-state index contributed by atoms with van der Waals surface area (Å²) in [6.07, 6.45) is 3.56. The molecule has 0 unspecified atom stereocenters. The van der Waals surface area contributed by atoms with Gasteiger partial charge in [-0.05, 0) is 29.3 Å². The first kappa shape index (κ1) is 18.7. The topological polar surface area (TPSA) is 80.8 Å². The molecule has 1 aliphatic heterocycles. The van der Waals surface area contributed by atoms with Crippen LogP contribution < -0.4 is 14.8 Å². The second-order valence-electron chi connectivity index (χ2n) is 6.45. The number of pyridine rings is 1. The Balaban J connectivity index is 1.72. The Morgan fingerprint density at radius 3 is 2.70 bits per heavy atom. The van der Waals surface area contributed by atoms with E-state index in [9.17, 15) is 9.59 Å². The zero-order valence-electron chi connectivity index (χ0n) is 15.6. The standard InChI is InChI=1S/C20H23N3O4/c1-23-18(24)10-15(19(23)14-5-4-8-21-12-14)20(25)22-11-13-6-7-16(26-2)17(9-13)27-3/h4-9,12,15,19H,10-11H2,1-3H3,(H,22,25)/t15-,19+/m0/s1. The van der Waals surface area contributed by atoms with Crippen LogP contribution >= 0.6 is 0 Å². The number of hydrogen-bond donors (Lipinski definition) is 1. The first-order valence-corrected chi connectivity index (χ1v) is 8.69. The van der Waals surface area contributed by atoms with Gasteiger partial charge in [0.2, 0.25) is 11.8 Å². The van der Waals surface area contributed by atoms with Crippen molar-refractivity contribution in [3.05, 3.63) is 53.9 Å². The lowest BCUT2D eigenvalue weighted by Crippen LogP contribution is -2.34. The SMILES string of the molecule is COc1ccc(CNC(=O)[C@H]2CC(=O)N(C)[C@@H]2c2cccnc2)cc1OC. The zero-order chi connectivity index (χ0) is 19.4. The van der Waals surface area contributed by atoms with Crippen LogP contribution in [0.2, 0.25) is 0 Å². The van der Waals surface area contributed by atoms with E-state index >= 15 is 0 Å². The number of rotatable bonds is 6. The first-order valence-electron chi connectivity index (χ1n) is 8.69. The fourth-order valence-electron chi connectivity index (χ4n) is 3.42. The minimum Gasteiger partial charge on any atom is -0.493 e. The average Bonchev–Trinajstić information content (AvgIpc) is 3.01. The minimum atomic E-state index is -0.452. The molecule has 0 aliphatic carbocycles. The molecular formula is C20H23N3O4. The van der Waals surface area contributed by atoms with Gasteiger partial charge in [-0.25, -0.2) is 0 Å². The molecule has 0 bridgehead atoms. The fourth-order valence-corrected chi connectivity index (χ4v) is 3.42. The van der Waals surface area contributed by atoms with Gasteiger partial charge in [0.25, 0.3) is 0 Å². The van der Waals surface area contributed by atoms with E-state index in [0.29, 0.717) is 18.0 Å². The molecule has 0 spiro atoms. The summed E-state index contributed by atoms with van der Waals surface area (Å²) in [6, 6.07) is 8.88. The van der Waals surface area contributed by atoms with Crippen molar-refractivity contribution in [2.24, 2.45) is 5.92 Å². The van der Waals surface area contributed by atoms with Crippen LogP contribution in [0.4, 0.5) is 0 Å². The van der Waals surface area contributed by atoms with Crippen LogP contribution in [-0.2, 0) is 16.1 Å². The maximum absolute atomic E-state index is 12.8. The maximum atomic E-state index is 12.8. The molecule has 1 aromatic heterocycles. The number of benzene rings is 1. The van der Waals surface area contributed by atoms with Crippen molar-refractivity contribution < 1.29 is 19.1 Å². The molecule has 27 heavy (non-hydrogen) atoms. The molecule has 0 radical (unpaired) electrons. The third-order valence-corrected chi connectivity index (χ3v) is 4.86. The molecule has 2 heterocycles. The zero-order valence-corrected chi connectivity index (χ0v) is 15.6. The number of amides is 2. The van der Waals surface area contributed by atoms with Gasteiger partial charge in [-0.3, -0.25) is 14.6 Å². The Kier molecular flexibility index (Phi) is 5.59. The van der Waals surface area contributed by atoms with Crippen molar-refractivity contribution in [2.45, 2.75) is 19.0 Å². The molecule has 142 valence electrons. The summed E-state index contributed by atoms with van der Waals surface area (Å²) in [5, 5.41) is 2.94. The summed E-state index contributed by atoms with van der Waals surface area (Å²) in [5.74, 6) is 0.582. The lowest BCUT2D eigenvalue weighted by Gasteiger charge is -2.24. The average molecular weight is 369 g/mol. The highest BCUT2D eigenvalue weighted by Gasteiger charge is 2.42. The molecule has 1 aromatic carbocycles. The highest BCUT2D eigenvalue weighted by molar-refractivity contribution is 5.90. The second-order valence-corrected chi connectivity index (χ2v) is 6.45. The molecule has 2 aromatic rings. The molecule has 3 rings (SSSR count). The van der Waals surface area contributed by atoms with Crippen molar-refractivity contribution in [3.63, 3.8) is 0 Å². The summed E-state index contributed by atoms with van der Waals surface area (Å²) < 4.78 is 10.5. The monoisotopic (exact) mass is 369 g/mol. The van der Waals surface area contributed by atoms with Crippen LogP contribution in [0.25, 0.3) is 0 Å². The van der Waals surface area contributed by atoms with Crippen molar-refractivity contribution in [2.75, 3.05) is 21.3 Å². The predicted octanol–water partition coefficient (Wildman–Crippen LogP) is 1.93. The lowest BCUT2D eigenvalue weighted by atomic mass is 9.94. The van der Waals surface area contributed by atoms with Crippen LogP contribution in [0, 0.1) is 5.92 Å². The molecule has 1 saturated heterocycles. The van der Waals surface area contributed by atoms with E-state index < -0.39 is 5.92 Å². The molecule has 7 heteroatoms. The number of hydrogen-bond acceptors (Lipinski definition) is 5. The number of likely N-dealkylation sites (tertiary alicyclic amines) is 1. The molecule has 7 nitrogen and oxygen atoms in total. The number of aromatic nitrogens is 1. The van der Waals surface area contributed by atoms with Crippen LogP contribution in [0.1, 0.15) is 23.6 Å². The van der Waals surface area contributed by atoms with Gasteiger partial charge >= 0.3 is 0 Å². The van der Waals surface area contributed by atoms with Crippen LogP contribution in [0.15, 0.2) is 42.7 Å². The first-order chi connectivity index (χ1) is 13.0. The maximum Gasteiger partial charge on any atom is 0.226 e. The van der Waals surface area contributed by atoms with Gasteiger partial charge in [-0.15, -0.1) is 0 Å². The van der Waals surface area contributed by atoms with Gasteiger partial charge in [0.15, 0.2) is 11.5 Å².